The maximum atomic E-state index is 13.3. The third-order valence-electron chi connectivity index (χ3n) is 4.43. The van der Waals surface area contributed by atoms with E-state index in [-0.39, 0.29) is 11.3 Å². The monoisotopic (exact) mass is 489 g/mol. The van der Waals surface area contributed by atoms with Crippen LogP contribution in [-0.4, -0.2) is 31.7 Å². The van der Waals surface area contributed by atoms with E-state index in [1.807, 2.05) is 13.0 Å². The van der Waals surface area contributed by atoms with Gasteiger partial charge >= 0.3 is 0 Å². The Morgan fingerprint density at radius 1 is 1.14 bits per heavy atom. The van der Waals surface area contributed by atoms with Gasteiger partial charge in [0, 0.05) is 22.5 Å². The summed E-state index contributed by atoms with van der Waals surface area (Å²) in [5.74, 6) is 2.93. The molecule has 1 heterocycles. The van der Waals surface area contributed by atoms with Crippen LogP contribution >= 0.6 is 15.9 Å². The zero-order valence-electron chi connectivity index (χ0n) is 16.9. The molecular formula is C22H24BrNO3SSi. The van der Waals surface area contributed by atoms with Crippen molar-refractivity contribution in [1.82, 2.24) is 3.97 Å². The van der Waals surface area contributed by atoms with Gasteiger partial charge in [0.05, 0.1) is 10.4 Å². The standard InChI is InChI=1S/C22H24BrNO3SSi/c1-16-8-10-19(11-9-16)28(26,27)24-15-17(14-18(25)12-13-29(2,3)4)22-20(23)6-5-7-21(22)24/h5-11,15,18,25H,14H2,1-4H3/t18-/m1/s1. The fourth-order valence-electron chi connectivity index (χ4n) is 3.03. The third-order valence-corrected chi connectivity index (χ3v) is 7.67. The maximum absolute atomic E-state index is 13.3. The van der Waals surface area contributed by atoms with Crippen LogP contribution in [0.3, 0.4) is 0 Å². The quantitative estimate of drug-likeness (QED) is 0.425. The minimum absolute atomic E-state index is 0.227. The summed E-state index contributed by atoms with van der Waals surface area (Å²) in [4.78, 5) is 0.227. The molecule has 0 fully saturated rings. The normalized spacial score (nSPS) is 13.2. The third kappa shape index (κ3) is 4.84. The predicted octanol–water partition coefficient (Wildman–Crippen LogP) is 4.73. The van der Waals surface area contributed by atoms with E-state index in [2.05, 4.69) is 47.0 Å². The van der Waals surface area contributed by atoms with E-state index >= 15 is 0 Å². The Morgan fingerprint density at radius 2 is 1.79 bits per heavy atom. The Kier molecular flexibility index (Phi) is 6.11. The van der Waals surface area contributed by atoms with Crippen molar-refractivity contribution >= 4 is 44.9 Å². The van der Waals surface area contributed by atoms with Crippen molar-refractivity contribution in [2.24, 2.45) is 0 Å². The fraction of sp³-hybridized carbons (Fsp3) is 0.273. The number of rotatable bonds is 4. The summed E-state index contributed by atoms with van der Waals surface area (Å²) in [7, 11) is -5.37. The largest absolute Gasteiger partial charge is 0.380 e. The fourth-order valence-corrected chi connectivity index (χ4v) is 5.62. The molecule has 29 heavy (non-hydrogen) atoms. The van der Waals surface area contributed by atoms with Crippen LogP contribution in [0.4, 0.5) is 0 Å². The van der Waals surface area contributed by atoms with Crippen LogP contribution in [-0.2, 0) is 16.4 Å². The second kappa shape index (κ2) is 8.11. The van der Waals surface area contributed by atoms with Crippen molar-refractivity contribution in [3.05, 3.63) is 64.3 Å². The lowest BCUT2D eigenvalue weighted by molar-refractivity contribution is 0.233. The summed E-state index contributed by atoms with van der Waals surface area (Å²) in [6.07, 6.45) is 1.01. The number of hydrogen-bond donors (Lipinski definition) is 1. The molecule has 1 atom stereocenters. The second-order valence-electron chi connectivity index (χ2n) is 8.14. The van der Waals surface area contributed by atoms with Gasteiger partial charge < -0.3 is 5.11 Å². The number of aliphatic hydroxyl groups is 1. The topological polar surface area (TPSA) is 59.3 Å². The highest BCUT2D eigenvalue weighted by atomic mass is 79.9. The van der Waals surface area contributed by atoms with Crippen LogP contribution in [0.5, 0.6) is 0 Å². The molecule has 0 unspecified atom stereocenters. The Labute approximate surface area is 181 Å². The zero-order valence-corrected chi connectivity index (χ0v) is 20.3. The van der Waals surface area contributed by atoms with Crippen LogP contribution in [0.15, 0.2) is 58.0 Å². The Morgan fingerprint density at radius 3 is 2.41 bits per heavy atom. The molecule has 0 spiro atoms. The SMILES string of the molecule is Cc1ccc(S(=O)(=O)n2cc(C[C@H](O)C#C[Si](C)(C)C)c3c(Br)cccc32)cc1. The average molecular weight is 490 g/mol. The van der Waals surface area contributed by atoms with Crippen molar-refractivity contribution in [3.63, 3.8) is 0 Å². The van der Waals surface area contributed by atoms with E-state index in [0.29, 0.717) is 5.52 Å². The lowest BCUT2D eigenvalue weighted by atomic mass is 10.1. The van der Waals surface area contributed by atoms with Crippen molar-refractivity contribution in [2.45, 2.75) is 44.0 Å². The predicted molar refractivity (Wildman–Crippen MR) is 124 cm³/mol. The Hall–Kier alpha value is -1.85. The average Bonchev–Trinajstić information content (AvgIpc) is 3.00. The summed E-state index contributed by atoms with van der Waals surface area (Å²) >= 11 is 3.54. The molecule has 1 aromatic heterocycles. The minimum atomic E-state index is -3.76. The molecule has 2 aromatic carbocycles. The van der Waals surface area contributed by atoms with E-state index in [1.54, 1.807) is 42.6 Å². The van der Waals surface area contributed by atoms with Crippen molar-refractivity contribution in [1.29, 1.82) is 0 Å². The van der Waals surface area contributed by atoms with Crippen LogP contribution in [0.2, 0.25) is 19.6 Å². The molecule has 0 saturated heterocycles. The molecule has 152 valence electrons. The van der Waals surface area contributed by atoms with Gasteiger partial charge in [0.15, 0.2) is 0 Å². The minimum Gasteiger partial charge on any atom is -0.380 e. The molecule has 0 aliphatic carbocycles. The van der Waals surface area contributed by atoms with Crippen molar-refractivity contribution < 1.29 is 13.5 Å². The van der Waals surface area contributed by atoms with Gasteiger partial charge in [-0.1, -0.05) is 65.3 Å². The van der Waals surface area contributed by atoms with E-state index in [1.165, 1.54) is 3.97 Å². The molecule has 0 aliphatic heterocycles. The first-order chi connectivity index (χ1) is 13.5. The summed E-state index contributed by atoms with van der Waals surface area (Å²) in [5, 5.41) is 11.2. The van der Waals surface area contributed by atoms with Crippen molar-refractivity contribution in [3.8, 4) is 11.5 Å². The first kappa shape index (κ1) is 21.8. The smallest absolute Gasteiger partial charge is 0.268 e. The lowest BCUT2D eigenvalue weighted by Crippen LogP contribution is -2.18. The summed E-state index contributed by atoms with van der Waals surface area (Å²) in [6, 6.07) is 12.2. The van der Waals surface area contributed by atoms with Crippen LogP contribution in [0, 0.1) is 18.4 Å². The van der Waals surface area contributed by atoms with Gasteiger partial charge in [0.1, 0.15) is 14.2 Å². The molecule has 7 heteroatoms. The lowest BCUT2D eigenvalue weighted by Gasteiger charge is -2.08. The molecule has 0 aliphatic rings. The van der Waals surface area contributed by atoms with E-state index in [4.69, 9.17) is 0 Å². The molecular weight excluding hydrogens is 466 g/mol. The van der Waals surface area contributed by atoms with E-state index in [9.17, 15) is 13.5 Å². The number of aromatic nitrogens is 1. The number of halogens is 1. The molecule has 0 radical (unpaired) electrons. The summed E-state index contributed by atoms with van der Waals surface area (Å²) < 4.78 is 28.7. The first-order valence-electron chi connectivity index (χ1n) is 9.30. The summed E-state index contributed by atoms with van der Waals surface area (Å²) in [6.45, 7) is 8.26. The number of hydrogen-bond acceptors (Lipinski definition) is 3. The first-order valence-corrected chi connectivity index (χ1v) is 15.0. The van der Waals surface area contributed by atoms with Crippen LogP contribution < -0.4 is 0 Å². The van der Waals surface area contributed by atoms with Gasteiger partial charge in [-0.25, -0.2) is 12.4 Å². The number of nitrogens with zero attached hydrogens (tertiary/aromatic N) is 1. The van der Waals surface area contributed by atoms with Crippen LogP contribution in [0.25, 0.3) is 10.9 Å². The number of aryl methyl sites for hydroxylation is 1. The van der Waals surface area contributed by atoms with Gasteiger partial charge in [-0.15, -0.1) is 5.54 Å². The van der Waals surface area contributed by atoms with Gasteiger partial charge in [0.25, 0.3) is 10.0 Å². The summed E-state index contributed by atoms with van der Waals surface area (Å²) in [5.41, 5.74) is 5.48. The highest BCUT2D eigenvalue weighted by Gasteiger charge is 2.23. The maximum Gasteiger partial charge on any atom is 0.268 e. The number of aliphatic hydroxyl groups excluding tert-OH is 1. The van der Waals surface area contributed by atoms with Gasteiger partial charge in [-0.2, -0.15) is 0 Å². The number of benzene rings is 2. The highest BCUT2D eigenvalue weighted by Crippen LogP contribution is 2.32. The molecule has 4 nitrogen and oxygen atoms in total. The molecule has 1 N–H and O–H groups in total. The molecule has 0 amide bonds. The van der Waals surface area contributed by atoms with Crippen molar-refractivity contribution in [2.75, 3.05) is 0 Å². The molecule has 3 aromatic rings. The number of fused-ring (bicyclic) bond motifs is 1. The zero-order chi connectivity index (χ0) is 21.4. The second-order valence-corrected chi connectivity index (χ2v) is 15.6. The highest BCUT2D eigenvalue weighted by molar-refractivity contribution is 9.10. The Balaban J connectivity index is 2.12. The van der Waals surface area contributed by atoms with Gasteiger partial charge in [-0.3, -0.25) is 0 Å². The molecule has 0 bridgehead atoms. The van der Waals surface area contributed by atoms with E-state index in [0.717, 1.165) is 21.0 Å². The van der Waals surface area contributed by atoms with E-state index < -0.39 is 24.2 Å². The Bertz CT molecular complexity index is 1210. The van der Waals surface area contributed by atoms with Gasteiger partial charge in [0.2, 0.25) is 0 Å². The van der Waals surface area contributed by atoms with Gasteiger partial charge in [-0.05, 0) is 36.8 Å². The molecule has 3 rings (SSSR count). The van der Waals surface area contributed by atoms with Crippen LogP contribution in [0.1, 0.15) is 11.1 Å². The molecule has 0 saturated carbocycles.